The molecule has 2 aliphatic heterocycles. The molecule has 0 aliphatic carbocycles. The monoisotopic (exact) mass is 1390 g/mol. The molecule has 7 N–H and O–H groups in total. The Morgan fingerprint density at radius 1 is 0.775 bits per heavy atom. The van der Waals surface area contributed by atoms with E-state index in [9.17, 15) is 24.4 Å². The maximum atomic E-state index is 12.5. The van der Waals surface area contributed by atoms with Crippen LogP contribution in [0.25, 0.3) is 26.5 Å². The highest BCUT2D eigenvalue weighted by molar-refractivity contribution is 9.09. The van der Waals surface area contributed by atoms with Crippen LogP contribution in [0.4, 0.5) is 40.5 Å². The number of nitrogens with two attached hydrogens (primary N) is 3. The maximum absolute atomic E-state index is 12.5. The zero-order valence-corrected chi connectivity index (χ0v) is 56.1. The fourth-order valence-corrected chi connectivity index (χ4v) is 8.87. The summed E-state index contributed by atoms with van der Waals surface area (Å²) in [5.74, 6) is 3.85. The van der Waals surface area contributed by atoms with Crippen LogP contribution in [0.15, 0.2) is 107 Å². The molecule has 466 valence electrons. The highest BCUT2D eigenvalue weighted by Crippen LogP contribution is 2.28. The van der Waals surface area contributed by atoms with Crippen molar-refractivity contribution >= 4 is 142 Å². The number of nitrogens with zero attached hydrogens (tertiary/aromatic N) is 16. The number of ether oxygens (including phenoxy) is 1. The minimum Gasteiger partial charge on any atom is -0.465 e. The van der Waals surface area contributed by atoms with Crippen molar-refractivity contribution in [2.75, 3.05) is 105 Å². The first-order chi connectivity index (χ1) is 42.4. The Labute approximate surface area is 550 Å². The Morgan fingerprint density at radius 2 is 1.27 bits per heavy atom. The minimum absolute atomic E-state index is 0.000000000000000222. The third-order valence-corrected chi connectivity index (χ3v) is 13.1. The summed E-state index contributed by atoms with van der Waals surface area (Å²) in [6.07, 6.45) is 11.1. The summed E-state index contributed by atoms with van der Waals surface area (Å²) in [5.41, 5.74) is 18.6. The first-order valence-electron chi connectivity index (χ1n) is 26.2. The van der Waals surface area contributed by atoms with Crippen molar-refractivity contribution in [3.05, 3.63) is 147 Å². The van der Waals surface area contributed by atoms with Crippen molar-refractivity contribution in [3.8, 4) is 29.5 Å². The first-order valence-corrected chi connectivity index (χ1v) is 30.3. The zero-order valence-electron chi connectivity index (χ0n) is 50.5. The molecule has 89 heavy (non-hydrogen) atoms. The third kappa shape index (κ3) is 29.2. The molecule has 25 nitrogen and oxygen atoms in total. The number of hydrogen-bond donors (Lipinski definition) is 4. The van der Waals surface area contributed by atoms with Gasteiger partial charge >= 0.3 is 5.97 Å². The van der Waals surface area contributed by atoms with Gasteiger partial charge in [-0.2, -0.15) is 15.8 Å². The molecule has 6 aromatic rings. The molecule has 30 heteroatoms. The quantitative estimate of drug-likeness (QED) is 0.0235. The number of pyridine rings is 5. The Balaban J connectivity index is 0.000000537. The number of rotatable bonds is 11. The lowest BCUT2D eigenvalue weighted by atomic mass is 9.95. The summed E-state index contributed by atoms with van der Waals surface area (Å²) in [7, 11) is 15.2. The standard InChI is InChI=1S/C15H15N5OS.C13H12N4OS.C8H9N3.C8H10N2O.C6H5N3.C5H7NO2.C3H6Br2.CH4N2S/c1-19(2)12-5-4-10(9-17-12)13-11(8-16)14(21)20-6-3-7-22-15(20)18-13;1-17(2)11-4-3-8(7-15-11)9-5-12(19)16-13(18)10(9)6-14;1-9-7-4-5-8(10-6-7)11(2)3;1-10(2)8-4-3-7(6-11)5-9-8;1-8-5-2-3-6(7)9-4-5;1-2-8-5(7)3-4-6;4-2-1-3-5;2-1(3)4/h4-5,9H,3,6-7H2,1-2H3;3-4,7H,5H2,1-2H3,(H,16,18,19);4-6H,2-3H3;3-6H,1-2H3;2-4H,(H2,7,9);2-3H2,1H3;1-3H2;(H4,2,3,4). The van der Waals surface area contributed by atoms with Gasteiger partial charge in [-0.3, -0.25) is 33.7 Å². The van der Waals surface area contributed by atoms with Crippen LogP contribution in [0.2, 0.25) is 0 Å². The highest BCUT2D eigenvalue weighted by Gasteiger charge is 2.25. The first kappa shape index (κ1) is 77.5. The van der Waals surface area contributed by atoms with Gasteiger partial charge in [-0.05, 0) is 91.7 Å². The number of hydrogen-bond acceptors (Lipinski definition) is 22. The Hall–Kier alpha value is -9.48. The molecular weight excluding hydrogens is 1320 g/mol. The predicted molar refractivity (Wildman–Crippen MR) is 366 cm³/mol. The normalized spacial score (nSPS) is 11.0. The second-order valence-electron chi connectivity index (χ2n) is 18.2. The van der Waals surface area contributed by atoms with Crippen molar-refractivity contribution in [2.24, 2.45) is 11.5 Å². The number of thiocarbonyl (C=S) groups is 2. The van der Waals surface area contributed by atoms with Crippen LogP contribution in [0.5, 0.6) is 0 Å². The molecule has 0 unspecified atom stereocenters. The molecule has 0 fully saturated rings. The molecule has 6 aromatic heterocycles. The number of aromatic nitrogens is 7. The van der Waals surface area contributed by atoms with E-state index >= 15 is 0 Å². The minimum atomic E-state index is -0.449. The van der Waals surface area contributed by atoms with Crippen LogP contribution >= 0.6 is 68.1 Å². The van der Waals surface area contributed by atoms with Gasteiger partial charge in [0.2, 0.25) is 11.4 Å². The Kier molecular flexibility index (Phi) is 37.6. The van der Waals surface area contributed by atoms with Gasteiger partial charge in [0.15, 0.2) is 16.6 Å². The number of amides is 1. The number of alkyl halides is 2. The van der Waals surface area contributed by atoms with Crippen molar-refractivity contribution in [1.29, 1.82) is 15.8 Å². The van der Waals surface area contributed by atoms with E-state index in [2.05, 4.69) is 105 Å². The van der Waals surface area contributed by atoms with Gasteiger partial charge in [0.1, 0.15) is 58.8 Å². The molecule has 2 aliphatic rings. The fourth-order valence-electron chi connectivity index (χ4n) is 6.37. The highest BCUT2D eigenvalue weighted by atomic mass is 79.9. The predicted octanol–water partition coefficient (Wildman–Crippen LogP) is 8.70. The van der Waals surface area contributed by atoms with E-state index in [0.717, 1.165) is 58.0 Å². The molecule has 0 atom stereocenters. The largest absolute Gasteiger partial charge is 0.465 e. The van der Waals surface area contributed by atoms with Gasteiger partial charge in [0.05, 0.1) is 36.5 Å². The van der Waals surface area contributed by atoms with Crippen molar-refractivity contribution < 1.29 is 19.1 Å². The van der Waals surface area contributed by atoms with E-state index in [4.69, 9.17) is 41.6 Å². The number of halogens is 2. The van der Waals surface area contributed by atoms with Crippen LogP contribution in [0.3, 0.4) is 0 Å². The number of thioether (sulfide) groups is 1. The molecule has 0 aromatic carbocycles. The van der Waals surface area contributed by atoms with Gasteiger partial charge in [-0.25, -0.2) is 29.6 Å². The average molecular weight is 1390 g/mol. The van der Waals surface area contributed by atoms with E-state index in [-0.39, 0.29) is 28.2 Å². The summed E-state index contributed by atoms with van der Waals surface area (Å²) >= 11 is 17.2. The summed E-state index contributed by atoms with van der Waals surface area (Å²) in [4.78, 5) is 83.9. The van der Waals surface area contributed by atoms with Crippen molar-refractivity contribution in [3.63, 3.8) is 0 Å². The molecule has 8 rings (SSSR count). The smallest absolute Gasteiger partial charge is 0.320 e. The summed E-state index contributed by atoms with van der Waals surface area (Å²) in [5, 5.41) is 31.8. The van der Waals surface area contributed by atoms with Gasteiger partial charge in [0.25, 0.3) is 11.5 Å². The fraction of sp³-hybridized carbons (Fsp3) is 0.305. The number of fused-ring (bicyclic) bond motifs is 1. The topological polar surface area (TPSA) is 343 Å². The van der Waals surface area contributed by atoms with E-state index in [1.165, 1.54) is 12.6 Å². The van der Waals surface area contributed by atoms with E-state index in [0.29, 0.717) is 69.3 Å². The molecule has 1 amide bonds. The maximum Gasteiger partial charge on any atom is 0.320 e. The van der Waals surface area contributed by atoms with Crippen LogP contribution in [-0.2, 0) is 20.9 Å². The van der Waals surface area contributed by atoms with Crippen LogP contribution in [-0.4, -0.2) is 142 Å². The molecule has 0 saturated carbocycles. The number of carbonyl (C=O) groups is 3. The Morgan fingerprint density at radius 3 is 1.65 bits per heavy atom. The summed E-state index contributed by atoms with van der Waals surface area (Å²) in [6, 6.07) is 23.4. The number of nitrogens with one attached hydrogen (secondary N) is 1. The third-order valence-electron chi connectivity index (χ3n) is 10.6. The van der Waals surface area contributed by atoms with Crippen molar-refractivity contribution in [1.82, 2.24) is 39.8 Å². The molecule has 0 radical (unpaired) electrons. The lowest BCUT2D eigenvalue weighted by molar-refractivity contribution is -0.141. The van der Waals surface area contributed by atoms with Crippen molar-refractivity contribution in [2.45, 2.75) is 44.3 Å². The molecule has 0 bridgehead atoms. The summed E-state index contributed by atoms with van der Waals surface area (Å²) < 4.78 is 6.02. The lowest BCUT2D eigenvalue weighted by Gasteiger charge is -2.18. The second kappa shape index (κ2) is 43.2. The molecule has 0 spiro atoms. The van der Waals surface area contributed by atoms with E-state index in [1.54, 1.807) is 78.4 Å². The van der Waals surface area contributed by atoms with E-state index in [1.807, 2.05) is 125 Å². The van der Waals surface area contributed by atoms with Gasteiger partial charge in [-0.15, -0.1) is 0 Å². The number of carbonyl (C=O) groups excluding carboxylic acids is 3. The molecular formula is C59H68Br2N20O5S3. The van der Waals surface area contributed by atoms with Gasteiger partial charge in [-0.1, -0.05) is 68.0 Å². The van der Waals surface area contributed by atoms with Crippen LogP contribution < -0.4 is 47.7 Å². The molecule has 8 heterocycles. The number of anilines is 5. The molecule has 0 saturated heterocycles. The van der Waals surface area contributed by atoms with Crippen LogP contribution in [0.1, 0.15) is 54.1 Å². The number of nitrogen functional groups attached to an aromatic ring is 1. The number of esters is 1. The number of nitriles is 3. The average Bonchev–Trinajstić information content (AvgIpc) is 1.14. The van der Waals surface area contributed by atoms with Gasteiger partial charge < -0.3 is 46.9 Å². The SMILES string of the molecule is BrCCCBr.CCOC(=O)CC#N.CN(C)c1ccc(-c2nc3n(c(=O)c2C#N)CCCS3)cn1.CN(C)c1ccc(C2=C(C#N)C(=O)NC(=S)C2)cn1.CN(C)c1ccc(C=O)cn1.NC(N)=S.[C-]#[N+]c1ccc(N(C)C)nc1.[C-]#[N+]c1ccc(N)nc1. The van der Waals surface area contributed by atoms with Crippen LogP contribution in [0, 0.1) is 47.1 Å². The number of aldehydes is 1. The lowest BCUT2D eigenvalue weighted by Crippen LogP contribution is -2.34. The zero-order chi connectivity index (χ0) is 67.0. The van der Waals surface area contributed by atoms with E-state index < -0.39 is 11.9 Å². The van der Waals surface area contributed by atoms with Gasteiger partial charge in [0, 0.05) is 128 Å². The second-order valence-corrected chi connectivity index (χ2v) is 21.8. The Bertz CT molecular complexity index is 3550. The summed E-state index contributed by atoms with van der Waals surface area (Å²) in [6.45, 7) is 15.9.